The Balaban J connectivity index is 1.64. The summed E-state index contributed by atoms with van der Waals surface area (Å²) in [7, 11) is -1.13. The van der Waals surface area contributed by atoms with E-state index in [-0.39, 0.29) is 12.1 Å². The minimum absolute atomic E-state index is 0.155. The van der Waals surface area contributed by atoms with Crippen LogP contribution in [-0.4, -0.2) is 58.5 Å². The zero-order valence-corrected chi connectivity index (χ0v) is 24.7. The zero-order chi connectivity index (χ0) is 25.5. The monoisotopic (exact) mass is 562 g/mol. The van der Waals surface area contributed by atoms with Crippen molar-refractivity contribution >= 4 is 52.0 Å². The molecule has 9 heteroatoms. The number of nitrogens with zero attached hydrogens (tertiary/aromatic N) is 4. The number of hydrogen-bond acceptors (Lipinski definition) is 4. The second-order valence-corrected chi connectivity index (χ2v) is 18.5. The fraction of sp³-hybridized carbons (Fsp3) is 0.615. The summed E-state index contributed by atoms with van der Waals surface area (Å²) in [5.74, 6) is 0.429. The number of amides is 1. The van der Waals surface area contributed by atoms with E-state index in [1.54, 1.807) is 0 Å². The molecule has 2 unspecified atom stereocenters. The number of piperidine rings is 1. The molecule has 0 aromatic carbocycles. The summed E-state index contributed by atoms with van der Waals surface area (Å²) in [5.41, 5.74) is 1.55. The van der Waals surface area contributed by atoms with E-state index in [1.807, 2.05) is 31.9 Å². The van der Waals surface area contributed by atoms with Crippen LogP contribution in [0.3, 0.4) is 0 Å². The molecule has 192 valence electrons. The lowest BCUT2D eigenvalue weighted by molar-refractivity contribution is 0.0128. The highest BCUT2D eigenvalue weighted by atomic mass is 79.9. The first-order chi connectivity index (χ1) is 16.3. The summed E-state index contributed by atoms with van der Waals surface area (Å²) >= 11 is 3.80. The van der Waals surface area contributed by atoms with Crippen LogP contribution in [0.5, 0.6) is 0 Å². The Morgan fingerprint density at radius 2 is 2.03 bits per heavy atom. The second kappa shape index (κ2) is 9.90. The Labute approximate surface area is 217 Å². The molecule has 35 heavy (non-hydrogen) atoms. The summed E-state index contributed by atoms with van der Waals surface area (Å²) in [6, 6.07) is 3.42. The number of ether oxygens (including phenoxy) is 2. The van der Waals surface area contributed by atoms with E-state index in [0.717, 1.165) is 52.0 Å². The molecule has 1 amide bonds. The average molecular weight is 564 g/mol. The molecule has 3 aromatic rings. The number of halogens is 1. The highest BCUT2D eigenvalue weighted by Gasteiger charge is 2.33. The largest absolute Gasteiger partial charge is 0.444 e. The quantitative estimate of drug-likeness (QED) is 0.242. The molecule has 3 aromatic heterocycles. The topological polar surface area (TPSA) is 61.5 Å². The highest BCUT2D eigenvalue weighted by Crippen LogP contribution is 2.37. The molecule has 7 nitrogen and oxygen atoms in total. The lowest BCUT2D eigenvalue weighted by Crippen LogP contribution is -2.45. The molecule has 1 aliphatic heterocycles. The predicted octanol–water partition coefficient (Wildman–Crippen LogP) is 6.88. The van der Waals surface area contributed by atoms with Gasteiger partial charge < -0.3 is 23.5 Å². The molecule has 0 spiro atoms. The molecule has 4 rings (SSSR count). The molecular weight excluding hydrogens is 524 g/mol. The number of carbonyl (C=O) groups is 1. The van der Waals surface area contributed by atoms with E-state index < -0.39 is 13.7 Å². The molecule has 2 atom stereocenters. The maximum absolute atomic E-state index is 12.8. The van der Waals surface area contributed by atoms with Crippen LogP contribution in [0.4, 0.5) is 4.79 Å². The van der Waals surface area contributed by atoms with Gasteiger partial charge in [-0.1, -0.05) is 26.6 Å². The van der Waals surface area contributed by atoms with Crippen LogP contribution in [0.2, 0.25) is 25.7 Å². The van der Waals surface area contributed by atoms with Gasteiger partial charge in [-0.15, -0.1) is 0 Å². The summed E-state index contributed by atoms with van der Waals surface area (Å²) in [6.07, 6.45) is 6.85. The van der Waals surface area contributed by atoms with Gasteiger partial charge in [-0.25, -0.2) is 9.78 Å². The van der Waals surface area contributed by atoms with Gasteiger partial charge in [0.25, 0.3) is 0 Å². The predicted molar refractivity (Wildman–Crippen MR) is 148 cm³/mol. The van der Waals surface area contributed by atoms with Crippen molar-refractivity contribution < 1.29 is 14.3 Å². The molecule has 0 radical (unpaired) electrons. The van der Waals surface area contributed by atoms with Gasteiger partial charge in [0.2, 0.25) is 0 Å². The molecule has 0 saturated carbocycles. The van der Waals surface area contributed by atoms with Crippen molar-refractivity contribution in [2.75, 3.05) is 19.7 Å². The number of aromatic nitrogens is 3. The van der Waals surface area contributed by atoms with E-state index in [9.17, 15) is 4.79 Å². The number of rotatable bonds is 6. The fourth-order valence-electron chi connectivity index (χ4n) is 4.66. The van der Waals surface area contributed by atoms with Crippen LogP contribution >= 0.6 is 15.9 Å². The smallest absolute Gasteiger partial charge is 0.410 e. The van der Waals surface area contributed by atoms with Crippen LogP contribution in [0.15, 0.2) is 29.1 Å². The maximum Gasteiger partial charge on any atom is 0.410 e. The van der Waals surface area contributed by atoms with Crippen molar-refractivity contribution in [1.82, 2.24) is 19.0 Å². The van der Waals surface area contributed by atoms with Gasteiger partial charge in [0.15, 0.2) is 0 Å². The van der Waals surface area contributed by atoms with Crippen LogP contribution in [0.25, 0.3) is 21.9 Å². The fourth-order valence-corrected chi connectivity index (χ4v) is 6.03. The lowest BCUT2D eigenvalue weighted by atomic mass is 9.93. The van der Waals surface area contributed by atoms with E-state index in [0.29, 0.717) is 19.2 Å². The highest BCUT2D eigenvalue weighted by molar-refractivity contribution is 9.10. The second-order valence-electron chi connectivity index (χ2n) is 12.0. The summed E-state index contributed by atoms with van der Waals surface area (Å²) in [5, 5.41) is 2.18. The maximum atomic E-state index is 12.8. The number of fused-ring (bicyclic) bond motifs is 3. The third-order valence-corrected chi connectivity index (χ3v) is 8.97. The first kappa shape index (κ1) is 26.2. The molecule has 0 bridgehead atoms. The first-order valence-electron chi connectivity index (χ1n) is 12.5. The standard InChI is InChI=1S/C26H39BrN4O3Si/c1-18-8-10-29(25(32)34-26(2,3)4)16-21(18)31-11-9-19-14-28-24-22(23(19)31)20(27)15-30(24)17-33-12-13-35(5,6)7/h9,11,14-15,18,21H,8,10,12-13,16-17H2,1-7H3. The van der Waals surface area contributed by atoms with Gasteiger partial charge in [0.05, 0.1) is 16.9 Å². The molecule has 4 heterocycles. The van der Waals surface area contributed by atoms with Crippen molar-refractivity contribution in [3.63, 3.8) is 0 Å². The number of hydrogen-bond donors (Lipinski definition) is 0. The molecular formula is C26H39BrN4O3Si. The van der Waals surface area contributed by atoms with Gasteiger partial charge in [0, 0.05) is 56.2 Å². The number of likely N-dealkylation sites (tertiary alicyclic amines) is 1. The third-order valence-electron chi connectivity index (χ3n) is 6.67. The molecule has 1 aliphatic rings. The Bertz CT molecular complexity index is 1210. The zero-order valence-electron chi connectivity index (χ0n) is 22.1. The van der Waals surface area contributed by atoms with Crippen molar-refractivity contribution in [2.24, 2.45) is 5.92 Å². The number of pyridine rings is 1. The van der Waals surface area contributed by atoms with Crippen LogP contribution < -0.4 is 0 Å². The van der Waals surface area contributed by atoms with Crippen molar-refractivity contribution in [2.45, 2.75) is 78.2 Å². The average Bonchev–Trinajstić information content (AvgIpc) is 3.30. The normalized spacial score (nSPS) is 19.6. The van der Waals surface area contributed by atoms with Gasteiger partial charge in [-0.05, 0) is 61.2 Å². The first-order valence-corrected chi connectivity index (χ1v) is 17.0. The molecule has 0 N–H and O–H groups in total. The molecule has 0 aliphatic carbocycles. The van der Waals surface area contributed by atoms with Crippen molar-refractivity contribution in [3.05, 3.63) is 29.1 Å². The van der Waals surface area contributed by atoms with Crippen LogP contribution in [0.1, 0.15) is 40.2 Å². The van der Waals surface area contributed by atoms with E-state index in [1.165, 1.54) is 0 Å². The Hall–Kier alpha value is -1.84. The van der Waals surface area contributed by atoms with Gasteiger partial charge in [-0.3, -0.25) is 0 Å². The summed E-state index contributed by atoms with van der Waals surface area (Å²) < 4.78 is 17.1. The molecule has 1 saturated heterocycles. The minimum Gasteiger partial charge on any atom is -0.444 e. The van der Waals surface area contributed by atoms with Crippen molar-refractivity contribution in [1.29, 1.82) is 0 Å². The SMILES string of the molecule is CC1CCN(C(=O)OC(C)(C)C)CC1n1ccc2cnc3c(c(Br)cn3COCC[Si](C)(C)C)c21. The Morgan fingerprint density at radius 1 is 1.29 bits per heavy atom. The van der Waals surface area contributed by atoms with Gasteiger partial charge in [-0.2, -0.15) is 0 Å². The van der Waals surface area contributed by atoms with Gasteiger partial charge in [0.1, 0.15) is 18.0 Å². The van der Waals surface area contributed by atoms with E-state index in [2.05, 4.69) is 70.1 Å². The van der Waals surface area contributed by atoms with Crippen LogP contribution in [0, 0.1) is 5.92 Å². The molecule has 1 fully saturated rings. The third kappa shape index (κ3) is 5.94. The number of carbonyl (C=O) groups excluding carboxylic acids is 1. The summed E-state index contributed by atoms with van der Waals surface area (Å²) in [6.45, 7) is 17.7. The lowest BCUT2D eigenvalue weighted by Gasteiger charge is -2.38. The Kier molecular flexibility index (Phi) is 7.42. The van der Waals surface area contributed by atoms with Crippen molar-refractivity contribution in [3.8, 4) is 0 Å². The van der Waals surface area contributed by atoms with Gasteiger partial charge >= 0.3 is 6.09 Å². The van der Waals surface area contributed by atoms with E-state index >= 15 is 0 Å². The minimum atomic E-state index is -1.13. The van der Waals surface area contributed by atoms with E-state index in [4.69, 9.17) is 14.5 Å². The summed E-state index contributed by atoms with van der Waals surface area (Å²) in [4.78, 5) is 19.5. The van der Waals surface area contributed by atoms with Crippen LogP contribution in [-0.2, 0) is 16.2 Å². The Morgan fingerprint density at radius 3 is 2.71 bits per heavy atom.